The first-order valence-electron chi connectivity index (χ1n) is 9.51. The molecular formula is C22H24N4O3. The molecule has 29 heavy (non-hydrogen) atoms. The van der Waals surface area contributed by atoms with Crippen LogP contribution in [0.5, 0.6) is 11.5 Å². The van der Waals surface area contributed by atoms with Gasteiger partial charge in [-0.3, -0.25) is 0 Å². The first-order valence-corrected chi connectivity index (χ1v) is 9.51. The lowest BCUT2D eigenvalue weighted by Gasteiger charge is -2.11. The summed E-state index contributed by atoms with van der Waals surface area (Å²) in [6.45, 7) is 2.38. The minimum atomic E-state index is 0.466. The van der Waals surface area contributed by atoms with Gasteiger partial charge in [-0.15, -0.1) is 0 Å². The molecule has 7 heteroatoms. The van der Waals surface area contributed by atoms with E-state index in [1.165, 1.54) is 0 Å². The maximum atomic E-state index is 6.11. The fourth-order valence-corrected chi connectivity index (χ4v) is 3.51. The van der Waals surface area contributed by atoms with Crippen LogP contribution >= 0.6 is 0 Å². The molecule has 0 unspecified atom stereocenters. The zero-order valence-corrected chi connectivity index (χ0v) is 16.8. The van der Waals surface area contributed by atoms with Crippen molar-refractivity contribution in [3.8, 4) is 23.1 Å². The van der Waals surface area contributed by atoms with E-state index in [1.807, 2.05) is 48.0 Å². The van der Waals surface area contributed by atoms with Crippen LogP contribution in [0.3, 0.4) is 0 Å². The normalized spacial score (nSPS) is 11.1. The number of hydrogen-bond donors (Lipinski definition) is 1. The summed E-state index contributed by atoms with van der Waals surface area (Å²) in [5, 5.41) is 4.84. The molecule has 2 heterocycles. The molecule has 0 saturated heterocycles. The highest BCUT2D eigenvalue weighted by Crippen LogP contribution is 2.38. The highest BCUT2D eigenvalue weighted by molar-refractivity contribution is 5.95. The van der Waals surface area contributed by atoms with Crippen molar-refractivity contribution in [2.75, 3.05) is 19.5 Å². The van der Waals surface area contributed by atoms with Crippen molar-refractivity contribution < 1.29 is 14.0 Å². The van der Waals surface area contributed by atoms with Crippen molar-refractivity contribution in [3.05, 3.63) is 53.9 Å². The van der Waals surface area contributed by atoms with Gasteiger partial charge >= 0.3 is 0 Å². The predicted octanol–water partition coefficient (Wildman–Crippen LogP) is 4.14. The van der Waals surface area contributed by atoms with Crippen LogP contribution in [0.1, 0.15) is 17.8 Å². The number of ether oxygens (including phenoxy) is 2. The fraction of sp³-hybridized carbons (Fsp3) is 0.273. The molecule has 2 N–H and O–H groups in total. The summed E-state index contributed by atoms with van der Waals surface area (Å²) in [5.41, 5.74) is 9.72. The lowest BCUT2D eigenvalue weighted by atomic mass is 10.1. The Hall–Kier alpha value is -3.48. The molecule has 0 aliphatic heterocycles. The summed E-state index contributed by atoms with van der Waals surface area (Å²) < 4.78 is 19.0. The second-order valence-corrected chi connectivity index (χ2v) is 6.91. The number of hydrogen-bond acceptors (Lipinski definition) is 6. The van der Waals surface area contributed by atoms with Crippen LogP contribution in [0.25, 0.3) is 22.5 Å². The predicted molar refractivity (Wildman–Crippen MR) is 112 cm³/mol. The third-order valence-electron chi connectivity index (χ3n) is 4.99. The number of fused-ring (bicyclic) bond motifs is 1. The number of nitrogen functional groups attached to an aromatic ring is 1. The van der Waals surface area contributed by atoms with Crippen molar-refractivity contribution in [2.45, 2.75) is 19.8 Å². The van der Waals surface area contributed by atoms with Crippen LogP contribution in [0.4, 0.5) is 5.69 Å². The minimum Gasteiger partial charge on any atom is -0.495 e. The molecule has 0 fully saturated rings. The van der Waals surface area contributed by atoms with E-state index in [9.17, 15) is 0 Å². The first-order chi connectivity index (χ1) is 14.1. The van der Waals surface area contributed by atoms with Crippen molar-refractivity contribution in [1.29, 1.82) is 0 Å². The van der Waals surface area contributed by atoms with Gasteiger partial charge in [0.25, 0.3) is 5.89 Å². The Morgan fingerprint density at radius 2 is 1.93 bits per heavy atom. The third-order valence-corrected chi connectivity index (χ3v) is 4.99. The van der Waals surface area contributed by atoms with Gasteiger partial charge in [0.15, 0.2) is 5.82 Å². The summed E-state index contributed by atoms with van der Waals surface area (Å²) in [5.74, 6) is 2.61. The molecule has 0 spiro atoms. The van der Waals surface area contributed by atoms with E-state index in [0.29, 0.717) is 18.3 Å². The molecule has 0 bridgehead atoms. The van der Waals surface area contributed by atoms with Crippen LogP contribution in [0.15, 0.2) is 47.0 Å². The van der Waals surface area contributed by atoms with Gasteiger partial charge in [0, 0.05) is 18.1 Å². The summed E-state index contributed by atoms with van der Waals surface area (Å²) in [7, 11) is 3.60. The van der Waals surface area contributed by atoms with Crippen molar-refractivity contribution >= 4 is 16.6 Å². The Morgan fingerprint density at radius 3 is 2.66 bits per heavy atom. The van der Waals surface area contributed by atoms with Crippen molar-refractivity contribution in [2.24, 2.45) is 7.05 Å². The van der Waals surface area contributed by atoms with Crippen LogP contribution < -0.4 is 15.2 Å². The molecule has 4 aromatic rings. The molecular weight excluding hydrogens is 368 g/mol. The minimum absolute atomic E-state index is 0.466. The monoisotopic (exact) mass is 392 g/mol. The van der Waals surface area contributed by atoms with E-state index < -0.39 is 0 Å². The maximum absolute atomic E-state index is 6.11. The lowest BCUT2D eigenvalue weighted by molar-refractivity contribution is 0.314. The molecule has 150 valence electrons. The average Bonchev–Trinajstić information content (AvgIpc) is 3.30. The Morgan fingerprint density at radius 1 is 1.14 bits per heavy atom. The second-order valence-electron chi connectivity index (χ2n) is 6.91. The standard InChI is InChI=1S/C22H24N4O3/c1-14-24-22(29-25-14)18-13-16-19(10-11-20(27-3)21(16)26(18)2)28-12-6-8-15-7-4-5-9-17(15)23/h4-5,7,9-11,13H,6,8,12,23H2,1-3H3. The van der Waals surface area contributed by atoms with Gasteiger partial charge in [0.2, 0.25) is 0 Å². The van der Waals surface area contributed by atoms with Gasteiger partial charge in [-0.1, -0.05) is 23.4 Å². The van der Waals surface area contributed by atoms with E-state index in [0.717, 1.165) is 52.2 Å². The van der Waals surface area contributed by atoms with Crippen LogP contribution in [-0.4, -0.2) is 28.4 Å². The van der Waals surface area contributed by atoms with Gasteiger partial charge < -0.3 is 24.3 Å². The summed E-state index contributed by atoms with van der Waals surface area (Å²) >= 11 is 0. The highest BCUT2D eigenvalue weighted by atomic mass is 16.5. The number of nitrogens with zero attached hydrogens (tertiary/aromatic N) is 3. The average molecular weight is 392 g/mol. The molecule has 0 radical (unpaired) electrons. The van der Waals surface area contributed by atoms with Crippen LogP contribution in [0.2, 0.25) is 0 Å². The maximum Gasteiger partial charge on any atom is 0.274 e. The van der Waals surface area contributed by atoms with Crippen LogP contribution in [-0.2, 0) is 13.5 Å². The Kier molecular flexibility index (Phi) is 5.12. The van der Waals surface area contributed by atoms with Crippen molar-refractivity contribution in [3.63, 3.8) is 0 Å². The smallest absolute Gasteiger partial charge is 0.274 e. The zero-order valence-electron chi connectivity index (χ0n) is 16.8. The summed E-state index contributed by atoms with van der Waals surface area (Å²) in [6, 6.07) is 13.8. The zero-order chi connectivity index (χ0) is 20.4. The SMILES string of the molecule is COc1ccc(OCCCc2ccccc2N)c2cc(-c3nc(C)no3)n(C)c12. The molecule has 0 saturated carbocycles. The quantitative estimate of drug-likeness (QED) is 0.376. The number of para-hydroxylation sites is 1. The summed E-state index contributed by atoms with van der Waals surface area (Å²) in [4.78, 5) is 4.35. The molecule has 0 atom stereocenters. The topological polar surface area (TPSA) is 88.3 Å². The van der Waals surface area contributed by atoms with Gasteiger partial charge in [-0.2, -0.15) is 4.98 Å². The molecule has 2 aromatic heterocycles. The van der Waals surface area contributed by atoms with Gasteiger partial charge in [-0.05, 0) is 49.6 Å². The van der Waals surface area contributed by atoms with E-state index in [2.05, 4.69) is 16.2 Å². The second kappa shape index (κ2) is 7.87. The number of anilines is 1. The number of benzene rings is 2. The lowest BCUT2D eigenvalue weighted by Crippen LogP contribution is -2.02. The number of aryl methyl sites for hydroxylation is 3. The van der Waals surface area contributed by atoms with E-state index in [4.69, 9.17) is 19.7 Å². The fourth-order valence-electron chi connectivity index (χ4n) is 3.51. The molecule has 2 aromatic carbocycles. The Bertz CT molecular complexity index is 1150. The number of methoxy groups -OCH3 is 1. The number of aromatic nitrogens is 3. The molecule has 0 aliphatic rings. The summed E-state index contributed by atoms with van der Waals surface area (Å²) in [6.07, 6.45) is 1.73. The third kappa shape index (κ3) is 3.63. The van der Waals surface area contributed by atoms with E-state index in [1.54, 1.807) is 14.0 Å². The van der Waals surface area contributed by atoms with Gasteiger partial charge in [-0.25, -0.2) is 0 Å². The first kappa shape index (κ1) is 18.9. The largest absolute Gasteiger partial charge is 0.495 e. The van der Waals surface area contributed by atoms with Crippen LogP contribution in [0, 0.1) is 6.92 Å². The highest BCUT2D eigenvalue weighted by Gasteiger charge is 2.19. The van der Waals surface area contributed by atoms with Crippen molar-refractivity contribution in [1.82, 2.24) is 14.7 Å². The molecule has 0 amide bonds. The Balaban J connectivity index is 1.59. The number of nitrogens with two attached hydrogens (primary N) is 1. The van der Waals surface area contributed by atoms with E-state index in [-0.39, 0.29) is 0 Å². The van der Waals surface area contributed by atoms with Gasteiger partial charge in [0.1, 0.15) is 17.2 Å². The number of rotatable bonds is 7. The Labute approximate surface area is 169 Å². The van der Waals surface area contributed by atoms with E-state index >= 15 is 0 Å². The molecule has 4 rings (SSSR count). The molecule has 0 aliphatic carbocycles. The van der Waals surface area contributed by atoms with Gasteiger partial charge in [0.05, 0.1) is 19.2 Å². The molecule has 7 nitrogen and oxygen atoms in total.